The number of hydrogen-bond donors (Lipinski definition) is 2. The predicted octanol–water partition coefficient (Wildman–Crippen LogP) is 2.02. The van der Waals surface area contributed by atoms with E-state index in [0.29, 0.717) is 12.1 Å². The maximum absolute atomic E-state index is 9.97. The van der Waals surface area contributed by atoms with Gasteiger partial charge in [0.05, 0.1) is 24.0 Å². The van der Waals surface area contributed by atoms with Gasteiger partial charge in [-0.05, 0) is 29.8 Å². The molecule has 19 heavy (non-hydrogen) atoms. The van der Waals surface area contributed by atoms with Gasteiger partial charge >= 0.3 is 0 Å². The van der Waals surface area contributed by atoms with Crippen molar-refractivity contribution in [3.63, 3.8) is 0 Å². The minimum atomic E-state index is -0.565. The Morgan fingerprint density at radius 3 is 2.68 bits per heavy atom. The highest BCUT2D eigenvalue weighted by molar-refractivity contribution is 5.32. The number of aliphatic hydroxyl groups excluding tert-OH is 1. The number of hydrogen-bond acceptors (Lipinski definition) is 4. The van der Waals surface area contributed by atoms with Crippen LogP contribution in [0.3, 0.4) is 0 Å². The lowest BCUT2D eigenvalue weighted by molar-refractivity contribution is 0.175. The van der Waals surface area contributed by atoms with Crippen molar-refractivity contribution >= 4 is 0 Å². The Morgan fingerprint density at radius 1 is 1.26 bits per heavy atom. The van der Waals surface area contributed by atoms with E-state index in [1.165, 1.54) is 0 Å². The molecule has 0 amide bonds. The summed E-state index contributed by atoms with van der Waals surface area (Å²) in [7, 11) is 0. The Morgan fingerprint density at radius 2 is 2.05 bits per heavy atom. The van der Waals surface area contributed by atoms with E-state index >= 15 is 0 Å². The third kappa shape index (κ3) is 3.95. The van der Waals surface area contributed by atoms with E-state index in [4.69, 9.17) is 9.68 Å². The average Bonchev–Trinajstić information content (AvgIpc) is 2.96. The van der Waals surface area contributed by atoms with Gasteiger partial charge in [-0.1, -0.05) is 12.1 Å². The van der Waals surface area contributed by atoms with E-state index in [0.717, 1.165) is 24.3 Å². The zero-order valence-electron chi connectivity index (χ0n) is 10.5. The summed E-state index contributed by atoms with van der Waals surface area (Å²) < 4.78 is 5.22. The Kier molecular flexibility index (Phi) is 4.73. The van der Waals surface area contributed by atoms with Crippen LogP contribution in [0.2, 0.25) is 0 Å². The van der Waals surface area contributed by atoms with Crippen LogP contribution in [-0.2, 0) is 6.42 Å². The first-order valence-corrected chi connectivity index (χ1v) is 6.21. The van der Waals surface area contributed by atoms with Crippen LogP contribution in [-0.4, -0.2) is 18.2 Å². The quantitative estimate of drug-likeness (QED) is 0.776. The maximum Gasteiger partial charge on any atom is 0.105 e. The van der Waals surface area contributed by atoms with Crippen LogP contribution >= 0.6 is 0 Å². The first kappa shape index (κ1) is 13.3. The standard InChI is InChI=1S/C15H16N2O2/c16-10-12-3-5-13(6-4-12)15(18)11-17-8-7-14-2-1-9-19-14/h1-6,9,15,17-18H,7-8,11H2. The Labute approximate surface area is 112 Å². The fraction of sp³-hybridized carbons (Fsp3) is 0.267. The summed E-state index contributed by atoms with van der Waals surface area (Å²) in [5, 5.41) is 21.8. The van der Waals surface area contributed by atoms with Gasteiger partial charge in [-0.25, -0.2) is 0 Å². The van der Waals surface area contributed by atoms with E-state index in [9.17, 15) is 5.11 Å². The molecule has 0 radical (unpaired) electrons. The molecule has 1 aromatic carbocycles. The Balaban J connectivity index is 1.74. The van der Waals surface area contributed by atoms with Crippen LogP contribution in [0.15, 0.2) is 47.1 Å². The van der Waals surface area contributed by atoms with Crippen LogP contribution in [0, 0.1) is 11.3 Å². The number of rotatable bonds is 6. The molecule has 0 spiro atoms. The minimum Gasteiger partial charge on any atom is -0.469 e. The third-order valence-corrected chi connectivity index (χ3v) is 2.89. The number of benzene rings is 1. The maximum atomic E-state index is 9.97. The van der Waals surface area contributed by atoms with Gasteiger partial charge in [0.1, 0.15) is 5.76 Å². The van der Waals surface area contributed by atoms with Gasteiger partial charge < -0.3 is 14.8 Å². The van der Waals surface area contributed by atoms with Crippen LogP contribution in [0.1, 0.15) is 23.0 Å². The summed E-state index contributed by atoms with van der Waals surface area (Å²) >= 11 is 0. The molecule has 0 aliphatic heterocycles. The molecule has 4 nitrogen and oxygen atoms in total. The third-order valence-electron chi connectivity index (χ3n) is 2.89. The van der Waals surface area contributed by atoms with E-state index < -0.39 is 6.10 Å². The van der Waals surface area contributed by atoms with Gasteiger partial charge in [0, 0.05) is 19.5 Å². The zero-order valence-corrected chi connectivity index (χ0v) is 10.5. The molecule has 0 saturated heterocycles. The van der Waals surface area contributed by atoms with Crippen LogP contribution in [0.25, 0.3) is 0 Å². The van der Waals surface area contributed by atoms with E-state index in [1.54, 1.807) is 30.5 Å². The summed E-state index contributed by atoms with van der Waals surface area (Å²) in [4.78, 5) is 0. The molecule has 1 unspecified atom stereocenters. The highest BCUT2D eigenvalue weighted by atomic mass is 16.3. The molecule has 0 saturated carbocycles. The van der Waals surface area contributed by atoms with E-state index in [2.05, 4.69) is 11.4 Å². The number of nitriles is 1. The highest BCUT2D eigenvalue weighted by Crippen LogP contribution is 2.12. The van der Waals surface area contributed by atoms with Crippen molar-refractivity contribution < 1.29 is 9.52 Å². The number of nitrogens with zero attached hydrogens (tertiary/aromatic N) is 1. The summed E-state index contributed by atoms with van der Waals surface area (Å²) in [5.41, 5.74) is 1.41. The lowest BCUT2D eigenvalue weighted by atomic mass is 10.1. The Hall–Kier alpha value is -2.09. The van der Waals surface area contributed by atoms with Crippen LogP contribution in [0.4, 0.5) is 0 Å². The SMILES string of the molecule is N#Cc1ccc(C(O)CNCCc2ccco2)cc1. The summed E-state index contributed by atoms with van der Waals surface area (Å²) in [6.45, 7) is 1.23. The van der Waals surface area contributed by atoms with Gasteiger partial charge in [-0.3, -0.25) is 0 Å². The van der Waals surface area contributed by atoms with E-state index in [-0.39, 0.29) is 0 Å². The normalized spacial score (nSPS) is 12.0. The fourth-order valence-corrected chi connectivity index (χ4v) is 1.80. The van der Waals surface area contributed by atoms with Gasteiger partial charge in [-0.2, -0.15) is 5.26 Å². The van der Waals surface area contributed by atoms with Crippen LogP contribution < -0.4 is 5.32 Å². The molecule has 1 heterocycles. The zero-order chi connectivity index (χ0) is 13.5. The molecule has 0 bridgehead atoms. The molecular weight excluding hydrogens is 240 g/mol. The molecule has 2 N–H and O–H groups in total. The largest absolute Gasteiger partial charge is 0.469 e. The Bertz CT molecular complexity index is 526. The second-order valence-corrected chi connectivity index (χ2v) is 4.28. The highest BCUT2D eigenvalue weighted by Gasteiger charge is 2.06. The van der Waals surface area contributed by atoms with Crippen molar-refractivity contribution in [2.45, 2.75) is 12.5 Å². The molecule has 0 aliphatic carbocycles. The van der Waals surface area contributed by atoms with Crippen molar-refractivity contribution in [3.8, 4) is 6.07 Å². The predicted molar refractivity (Wildman–Crippen MR) is 71.4 cm³/mol. The molecule has 98 valence electrons. The molecule has 4 heteroatoms. The number of furan rings is 1. The lowest BCUT2D eigenvalue weighted by Gasteiger charge is -2.11. The molecule has 0 fully saturated rings. The lowest BCUT2D eigenvalue weighted by Crippen LogP contribution is -2.23. The molecule has 1 aromatic heterocycles. The van der Waals surface area contributed by atoms with Crippen molar-refractivity contribution in [1.82, 2.24) is 5.32 Å². The molecule has 0 aliphatic rings. The van der Waals surface area contributed by atoms with Gasteiger partial charge in [0.15, 0.2) is 0 Å². The van der Waals surface area contributed by atoms with E-state index in [1.807, 2.05) is 12.1 Å². The average molecular weight is 256 g/mol. The second-order valence-electron chi connectivity index (χ2n) is 4.28. The first-order valence-electron chi connectivity index (χ1n) is 6.21. The molecule has 1 atom stereocenters. The fourth-order valence-electron chi connectivity index (χ4n) is 1.80. The monoisotopic (exact) mass is 256 g/mol. The van der Waals surface area contributed by atoms with Crippen molar-refractivity contribution in [1.29, 1.82) is 5.26 Å². The van der Waals surface area contributed by atoms with Gasteiger partial charge in [-0.15, -0.1) is 0 Å². The number of aliphatic hydroxyl groups is 1. The number of nitrogens with one attached hydrogen (secondary N) is 1. The summed E-state index contributed by atoms with van der Waals surface area (Å²) in [6, 6.07) is 12.8. The van der Waals surface area contributed by atoms with Gasteiger partial charge in [0.25, 0.3) is 0 Å². The van der Waals surface area contributed by atoms with Crippen molar-refractivity contribution in [2.24, 2.45) is 0 Å². The minimum absolute atomic E-state index is 0.479. The topological polar surface area (TPSA) is 69.2 Å². The van der Waals surface area contributed by atoms with Gasteiger partial charge in [0.2, 0.25) is 0 Å². The van der Waals surface area contributed by atoms with Crippen molar-refractivity contribution in [2.75, 3.05) is 13.1 Å². The molecule has 2 aromatic rings. The first-order chi connectivity index (χ1) is 9.29. The van der Waals surface area contributed by atoms with Crippen LogP contribution in [0.5, 0.6) is 0 Å². The van der Waals surface area contributed by atoms with Crippen molar-refractivity contribution in [3.05, 3.63) is 59.5 Å². The molecular formula is C15H16N2O2. The summed E-state index contributed by atoms with van der Waals surface area (Å²) in [6.07, 6.45) is 1.89. The smallest absolute Gasteiger partial charge is 0.105 e. The molecule has 2 rings (SSSR count). The summed E-state index contributed by atoms with van der Waals surface area (Å²) in [5.74, 6) is 0.931. The second kappa shape index (κ2) is 6.74.